The van der Waals surface area contributed by atoms with Crippen molar-refractivity contribution >= 4 is 5.91 Å². The fraction of sp³-hybridized carbons (Fsp3) is 0.938. The molecule has 2 rings (SSSR count). The number of hydrogen-bond donors (Lipinski definition) is 1. The van der Waals surface area contributed by atoms with Crippen LogP contribution in [0.15, 0.2) is 0 Å². The lowest BCUT2D eigenvalue weighted by Crippen LogP contribution is -2.54. The summed E-state index contributed by atoms with van der Waals surface area (Å²) < 4.78 is 5.41. The highest BCUT2D eigenvalue weighted by Crippen LogP contribution is 2.34. The third-order valence-corrected chi connectivity index (χ3v) is 5.05. The highest BCUT2D eigenvalue weighted by molar-refractivity contribution is 5.83. The van der Waals surface area contributed by atoms with Crippen LogP contribution >= 0.6 is 0 Å². The van der Waals surface area contributed by atoms with Gasteiger partial charge in [-0.15, -0.1) is 0 Å². The van der Waals surface area contributed by atoms with Crippen LogP contribution in [0.2, 0.25) is 0 Å². The van der Waals surface area contributed by atoms with Crippen LogP contribution in [0, 0.1) is 5.41 Å². The quantitative estimate of drug-likeness (QED) is 0.840. The Balaban J connectivity index is 2.11. The zero-order valence-corrected chi connectivity index (χ0v) is 13.1. The summed E-state index contributed by atoms with van der Waals surface area (Å²) in [4.78, 5) is 15.3. The molecule has 1 saturated heterocycles. The SMILES string of the molecule is CCN(C(=O)C1(COC)CCNCC1)C1CCCCC1. The Labute approximate surface area is 123 Å². The molecule has 2 fully saturated rings. The Kier molecular flexibility index (Phi) is 5.85. The maximum absolute atomic E-state index is 13.2. The van der Waals surface area contributed by atoms with Crippen LogP contribution in [0.1, 0.15) is 51.9 Å². The zero-order valence-electron chi connectivity index (χ0n) is 13.1. The summed E-state index contributed by atoms with van der Waals surface area (Å²) in [5.74, 6) is 0.343. The molecule has 20 heavy (non-hydrogen) atoms. The summed E-state index contributed by atoms with van der Waals surface area (Å²) in [6.07, 6.45) is 8.05. The number of ether oxygens (including phenoxy) is 1. The molecule has 4 nitrogen and oxygen atoms in total. The number of amides is 1. The Hall–Kier alpha value is -0.610. The predicted molar refractivity (Wildman–Crippen MR) is 80.7 cm³/mol. The van der Waals surface area contributed by atoms with Crippen LogP contribution in [-0.2, 0) is 9.53 Å². The Morgan fingerprint density at radius 3 is 2.45 bits per heavy atom. The lowest BCUT2D eigenvalue weighted by Gasteiger charge is -2.43. The second kappa shape index (κ2) is 7.41. The van der Waals surface area contributed by atoms with E-state index in [1.165, 1.54) is 32.1 Å². The molecule has 4 heteroatoms. The molecule has 0 atom stereocenters. The van der Waals surface area contributed by atoms with E-state index in [2.05, 4.69) is 17.1 Å². The van der Waals surface area contributed by atoms with Gasteiger partial charge in [0.2, 0.25) is 5.91 Å². The smallest absolute Gasteiger partial charge is 0.231 e. The van der Waals surface area contributed by atoms with Gasteiger partial charge in [-0.3, -0.25) is 4.79 Å². The van der Waals surface area contributed by atoms with E-state index < -0.39 is 0 Å². The Morgan fingerprint density at radius 2 is 1.90 bits per heavy atom. The molecular weight excluding hydrogens is 252 g/mol. The number of rotatable bonds is 5. The largest absolute Gasteiger partial charge is 0.384 e. The van der Waals surface area contributed by atoms with Crippen molar-refractivity contribution in [2.45, 2.75) is 57.9 Å². The van der Waals surface area contributed by atoms with Crippen LogP contribution in [0.3, 0.4) is 0 Å². The molecule has 0 aromatic heterocycles. The minimum atomic E-state index is -0.284. The van der Waals surface area contributed by atoms with Gasteiger partial charge in [0.25, 0.3) is 0 Å². The van der Waals surface area contributed by atoms with Crippen LogP contribution in [0.5, 0.6) is 0 Å². The first kappa shape index (κ1) is 15.8. The summed E-state index contributed by atoms with van der Waals surface area (Å²) in [5.41, 5.74) is -0.284. The summed E-state index contributed by atoms with van der Waals surface area (Å²) in [6, 6.07) is 0.463. The minimum absolute atomic E-state index is 0.284. The van der Waals surface area contributed by atoms with Crippen molar-refractivity contribution in [1.82, 2.24) is 10.2 Å². The van der Waals surface area contributed by atoms with Gasteiger partial charge >= 0.3 is 0 Å². The molecule has 1 heterocycles. The van der Waals surface area contributed by atoms with Crippen LogP contribution in [0.25, 0.3) is 0 Å². The third kappa shape index (κ3) is 3.34. The normalized spacial score (nSPS) is 23.5. The van der Waals surface area contributed by atoms with E-state index in [1.54, 1.807) is 7.11 Å². The molecule has 0 aromatic carbocycles. The van der Waals surface area contributed by atoms with E-state index >= 15 is 0 Å². The first-order chi connectivity index (χ1) is 9.73. The van der Waals surface area contributed by atoms with Gasteiger partial charge in [-0.25, -0.2) is 0 Å². The molecule has 116 valence electrons. The van der Waals surface area contributed by atoms with E-state index in [4.69, 9.17) is 4.74 Å². The predicted octanol–water partition coefficient (Wildman–Crippen LogP) is 2.18. The molecule has 1 aliphatic carbocycles. The maximum Gasteiger partial charge on any atom is 0.231 e. The van der Waals surface area contributed by atoms with Crippen molar-refractivity contribution in [2.24, 2.45) is 5.41 Å². The fourth-order valence-electron chi connectivity index (χ4n) is 3.87. The molecule has 1 aliphatic heterocycles. The Bertz CT molecular complexity index is 302. The molecule has 2 aliphatic rings. The maximum atomic E-state index is 13.2. The summed E-state index contributed by atoms with van der Waals surface area (Å²) in [7, 11) is 1.72. The van der Waals surface area contributed by atoms with Crippen molar-refractivity contribution in [1.29, 1.82) is 0 Å². The van der Waals surface area contributed by atoms with E-state index in [9.17, 15) is 4.79 Å². The topological polar surface area (TPSA) is 41.6 Å². The molecule has 1 saturated carbocycles. The van der Waals surface area contributed by atoms with Crippen molar-refractivity contribution in [3.05, 3.63) is 0 Å². The fourth-order valence-corrected chi connectivity index (χ4v) is 3.87. The first-order valence-corrected chi connectivity index (χ1v) is 8.24. The highest BCUT2D eigenvalue weighted by Gasteiger charge is 2.43. The average Bonchev–Trinajstić information content (AvgIpc) is 2.50. The summed E-state index contributed by atoms with van der Waals surface area (Å²) >= 11 is 0. The van der Waals surface area contributed by atoms with Crippen LogP contribution in [-0.4, -0.2) is 50.2 Å². The van der Waals surface area contributed by atoms with E-state index in [0.717, 1.165) is 32.5 Å². The standard InChI is InChI=1S/C16H30N2O2/c1-3-18(14-7-5-4-6-8-14)15(19)16(13-20-2)9-11-17-12-10-16/h14,17H,3-13H2,1-2H3. The van der Waals surface area contributed by atoms with Crippen LogP contribution in [0.4, 0.5) is 0 Å². The number of methoxy groups -OCH3 is 1. The molecule has 0 aromatic rings. The van der Waals surface area contributed by atoms with Gasteiger partial charge in [-0.05, 0) is 45.7 Å². The minimum Gasteiger partial charge on any atom is -0.384 e. The molecule has 0 radical (unpaired) electrons. The number of carbonyl (C=O) groups is 1. The van der Waals surface area contributed by atoms with Gasteiger partial charge in [0.05, 0.1) is 12.0 Å². The molecule has 0 bridgehead atoms. The van der Waals surface area contributed by atoms with Gasteiger partial charge in [-0.1, -0.05) is 19.3 Å². The van der Waals surface area contributed by atoms with Gasteiger partial charge in [-0.2, -0.15) is 0 Å². The van der Waals surface area contributed by atoms with Gasteiger partial charge < -0.3 is 15.0 Å². The second-order valence-electron chi connectivity index (χ2n) is 6.35. The van der Waals surface area contributed by atoms with Crippen LogP contribution < -0.4 is 5.32 Å². The van der Waals surface area contributed by atoms with Crippen molar-refractivity contribution in [3.8, 4) is 0 Å². The van der Waals surface area contributed by atoms with E-state index in [0.29, 0.717) is 18.6 Å². The molecular formula is C16H30N2O2. The lowest BCUT2D eigenvalue weighted by atomic mass is 9.77. The molecule has 1 amide bonds. The van der Waals surface area contributed by atoms with Gasteiger partial charge in [0.1, 0.15) is 0 Å². The number of carbonyl (C=O) groups excluding carboxylic acids is 1. The number of nitrogens with one attached hydrogen (secondary N) is 1. The average molecular weight is 282 g/mol. The summed E-state index contributed by atoms with van der Waals surface area (Å²) in [6.45, 7) is 5.38. The van der Waals surface area contributed by atoms with Gasteiger partial charge in [0.15, 0.2) is 0 Å². The van der Waals surface area contributed by atoms with E-state index in [-0.39, 0.29) is 5.41 Å². The number of hydrogen-bond acceptors (Lipinski definition) is 3. The van der Waals surface area contributed by atoms with Crippen molar-refractivity contribution in [2.75, 3.05) is 33.4 Å². The van der Waals surface area contributed by atoms with Crippen molar-refractivity contribution in [3.63, 3.8) is 0 Å². The van der Waals surface area contributed by atoms with Crippen molar-refractivity contribution < 1.29 is 9.53 Å². The highest BCUT2D eigenvalue weighted by atomic mass is 16.5. The lowest BCUT2D eigenvalue weighted by molar-refractivity contribution is -0.150. The molecule has 0 spiro atoms. The first-order valence-electron chi connectivity index (χ1n) is 8.24. The summed E-state index contributed by atoms with van der Waals surface area (Å²) in [5, 5.41) is 3.36. The monoisotopic (exact) mass is 282 g/mol. The number of piperidine rings is 1. The zero-order chi connectivity index (χ0) is 14.4. The molecule has 1 N–H and O–H groups in total. The number of nitrogens with zero attached hydrogens (tertiary/aromatic N) is 1. The molecule has 0 unspecified atom stereocenters. The van der Waals surface area contributed by atoms with Gasteiger partial charge in [0, 0.05) is 19.7 Å². The Morgan fingerprint density at radius 1 is 1.25 bits per heavy atom. The second-order valence-corrected chi connectivity index (χ2v) is 6.35. The van der Waals surface area contributed by atoms with E-state index in [1.807, 2.05) is 0 Å². The third-order valence-electron chi connectivity index (χ3n) is 5.05.